The van der Waals surface area contributed by atoms with Gasteiger partial charge in [-0.3, -0.25) is 0 Å². The van der Waals surface area contributed by atoms with Gasteiger partial charge in [0, 0.05) is 0 Å². The van der Waals surface area contributed by atoms with Gasteiger partial charge in [-0.25, -0.2) is 0 Å². The van der Waals surface area contributed by atoms with Crippen molar-refractivity contribution in [1.82, 2.24) is 0 Å². The molecule has 0 bridgehead atoms. The molecule has 0 N–H and O–H groups in total. The van der Waals surface area contributed by atoms with Crippen molar-refractivity contribution in [3.8, 4) is 0 Å². The smallest absolute Gasteiger partial charge is 0.0320 e. The van der Waals surface area contributed by atoms with Gasteiger partial charge in [0.2, 0.25) is 0 Å². The molecule has 1 saturated carbocycles. The molecule has 1 aliphatic rings. The summed E-state index contributed by atoms with van der Waals surface area (Å²) in [6, 6.07) is 0. The van der Waals surface area contributed by atoms with E-state index in [1.165, 1.54) is 31.3 Å². The molecule has 1 fully saturated rings. The van der Waals surface area contributed by atoms with Crippen molar-refractivity contribution in [3.63, 3.8) is 0 Å². The van der Waals surface area contributed by atoms with Crippen molar-refractivity contribution < 1.29 is 0 Å². The van der Waals surface area contributed by atoms with Gasteiger partial charge in [-0.05, 0) is 43.4 Å². The molecule has 0 saturated heterocycles. The average molecular weight is 166 g/mol. The van der Waals surface area contributed by atoms with E-state index < -0.39 is 0 Å². The molecule has 0 aromatic carbocycles. The fraction of sp³-hybridized carbons (Fsp3) is 0.833. The quantitative estimate of drug-likeness (QED) is 0.543. The highest BCUT2D eigenvalue weighted by atomic mass is 14.3. The van der Waals surface area contributed by atoms with Crippen molar-refractivity contribution in [3.05, 3.63) is 12.2 Å². The average Bonchev–Trinajstić information content (AvgIpc) is 2.04. The molecule has 0 spiro atoms. The standard InChI is InChI=1S/C12H22/c1-9(2)11(4)12-7-5-10(3)6-8-12/h9,11-12H,3,5-8H2,1-2,4H3. The van der Waals surface area contributed by atoms with Crippen LogP contribution < -0.4 is 0 Å². The molecule has 0 nitrogen and oxygen atoms in total. The second kappa shape index (κ2) is 4.11. The minimum absolute atomic E-state index is 0.848. The van der Waals surface area contributed by atoms with E-state index in [1.807, 2.05) is 0 Å². The molecule has 0 aromatic rings. The summed E-state index contributed by atoms with van der Waals surface area (Å²) in [5, 5.41) is 0. The summed E-state index contributed by atoms with van der Waals surface area (Å²) in [5.41, 5.74) is 1.47. The van der Waals surface area contributed by atoms with Gasteiger partial charge in [0.05, 0.1) is 0 Å². The summed E-state index contributed by atoms with van der Waals surface area (Å²) in [6.45, 7) is 11.1. The second-order valence-electron chi connectivity index (χ2n) is 4.69. The Bertz CT molecular complexity index is 145. The monoisotopic (exact) mass is 166 g/mol. The molecular weight excluding hydrogens is 144 g/mol. The molecular formula is C12H22. The molecule has 12 heavy (non-hydrogen) atoms. The van der Waals surface area contributed by atoms with Crippen LogP contribution in [0.2, 0.25) is 0 Å². The van der Waals surface area contributed by atoms with Crippen LogP contribution in [0.4, 0.5) is 0 Å². The highest BCUT2D eigenvalue weighted by molar-refractivity contribution is 4.98. The summed E-state index contributed by atoms with van der Waals surface area (Å²) in [6.07, 6.45) is 5.33. The van der Waals surface area contributed by atoms with Crippen molar-refractivity contribution in [2.24, 2.45) is 17.8 Å². The van der Waals surface area contributed by atoms with Gasteiger partial charge in [0.25, 0.3) is 0 Å². The molecule has 1 atom stereocenters. The lowest BCUT2D eigenvalue weighted by atomic mass is 9.75. The fourth-order valence-electron chi connectivity index (χ4n) is 2.12. The topological polar surface area (TPSA) is 0 Å². The van der Waals surface area contributed by atoms with Crippen LogP contribution in [0.3, 0.4) is 0 Å². The van der Waals surface area contributed by atoms with Crippen LogP contribution in [0.1, 0.15) is 46.5 Å². The zero-order valence-electron chi connectivity index (χ0n) is 8.77. The largest absolute Gasteiger partial charge is 0.0999 e. The SMILES string of the molecule is C=C1CCC(C(C)C(C)C)CC1. The highest BCUT2D eigenvalue weighted by Crippen LogP contribution is 2.35. The van der Waals surface area contributed by atoms with E-state index in [-0.39, 0.29) is 0 Å². The van der Waals surface area contributed by atoms with E-state index in [1.54, 1.807) is 0 Å². The van der Waals surface area contributed by atoms with E-state index in [0.717, 1.165) is 17.8 Å². The van der Waals surface area contributed by atoms with Crippen LogP contribution in [0.15, 0.2) is 12.2 Å². The van der Waals surface area contributed by atoms with Crippen LogP contribution in [0.25, 0.3) is 0 Å². The maximum atomic E-state index is 4.05. The maximum absolute atomic E-state index is 4.05. The Kier molecular flexibility index (Phi) is 3.37. The van der Waals surface area contributed by atoms with E-state index in [9.17, 15) is 0 Å². The van der Waals surface area contributed by atoms with E-state index >= 15 is 0 Å². The summed E-state index contributed by atoms with van der Waals surface area (Å²) < 4.78 is 0. The maximum Gasteiger partial charge on any atom is -0.0320 e. The van der Waals surface area contributed by atoms with E-state index in [4.69, 9.17) is 0 Å². The Morgan fingerprint density at radius 3 is 2.08 bits per heavy atom. The van der Waals surface area contributed by atoms with Crippen LogP contribution >= 0.6 is 0 Å². The number of rotatable bonds is 2. The van der Waals surface area contributed by atoms with E-state index in [2.05, 4.69) is 27.4 Å². The molecule has 70 valence electrons. The molecule has 0 heterocycles. The van der Waals surface area contributed by atoms with Gasteiger partial charge < -0.3 is 0 Å². The van der Waals surface area contributed by atoms with Crippen molar-refractivity contribution >= 4 is 0 Å². The lowest BCUT2D eigenvalue weighted by Gasteiger charge is -2.31. The summed E-state index contributed by atoms with van der Waals surface area (Å²) in [7, 11) is 0. The summed E-state index contributed by atoms with van der Waals surface area (Å²) in [4.78, 5) is 0. The Hall–Kier alpha value is -0.260. The minimum Gasteiger partial charge on any atom is -0.0999 e. The Balaban J connectivity index is 2.38. The molecule has 1 unspecified atom stereocenters. The summed E-state index contributed by atoms with van der Waals surface area (Å²) in [5.74, 6) is 2.72. The van der Waals surface area contributed by atoms with Gasteiger partial charge in [0.15, 0.2) is 0 Å². The first kappa shape index (κ1) is 9.83. The van der Waals surface area contributed by atoms with Crippen LogP contribution in [-0.4, -0.2) is 0 Å². The normalized spacial score (nSPS) is 23.2. The molecule has 0 radical (unpaired) electrons. The molecule has 1 rings (SSSR count). The third kappa shape index (κ3) is 2.36. The molecule has 0 amide bonds. The van der Waals surface area contributed by atoms with Gasteiger partial charge in [-0.15, -0.1) is 0 Å². The third-order valence-corrected chi connectivity index (χ3v) is 3.53. The summed E-state index contributed by atoms with van der Waals surface area (Å²) >= 11 is 0. The van der Waals surface area contributed by atoms with Crippen LogP contribution in [-0.2, 0) is 0 Å². The Morgan fingerprint density at radius 2 is 1.67 bits per heavy atom. The highest BCUT2D eigenvalue weighted by Gasteiger charge is 2.22. The van der Waals surface area contributed by atoms with Crippen molar-refractivity contribution in [2.45, 2.75) is 46.5 Å². The zero-order valence-corrected chi connectivity index (χ0v) is 8.77. The van der Waals surface area contributed by atoms with Crippen LogP contribution in [0, 0.1) is 17.8 Å². The molecule has 0 aromatic heterocycles. The first-order valence-corrected chi connectivity index (χ1v) is 5.28. The predicted octanol–water partition coefficient (Wildman–Crippen LogP) is 4.02. The zero-order chi connectivity index (χ0) is 9.14. The fourth-order valence-corrected chi connectivity index (χ4v) is 2.12. The third-order valence-electron chi connectivity index (χ3n) is 3.53. The first-order chi connectivity index (χ1) is 5.61. The van der Waals surface area contributed by atoms with Gasteiger partial charge in [0.1, 0.15) is 0 Å². The molecule has 0 heteroatoms. The Morgan fingerprint density at radius 1 is 1.17 bits per heavy atom. The number of allylic oxidation sites excluding steroid dienone is 1. The second-order valence-corrected chi connectivity index (χ2v) is 4.69. The minimum atomic E-state index is 0.848. The molecule has 0 aliphatic heterocycles. The Labute approximate surface area is 77.1 Å². The van der Waals surface area contributed by atoms with Crippen LogP contribution in [0.5, 0.6) is 0 Å². The van der Waals surface area contributed by atoms with Gasteiger partial charge in [-0.2, -0.15) is 0 Å². The lowest BCUT2D eigenvalue weighted by molar-refractivity contribution is 0.233. The van der Waals surface area contributed by atoms with Crippen molar-refractivity contribution in [1.29, 1.82) is 0 Å². The molecule has 1 aliphatic carbocycles. The van der Waals surface area contributed by atoms with Crippen molar-refractivity contribution in [2.75, 3.05) is 0 Å². The predicted molar refractivity (Wildman–Crippen MR) is 55.1 cm³/mol. The van der Waals surface area contributed by atoms with Gasteiger partial charge in [-0.1, -0.05) is 32.9 Å². The lowest BCUT2D eigenvalue weighted by Crippen LogP contribution is -2.20. The number of hydrogen-bond donors (Lipinski definition) is 0. The van der Waals surface area contributed by atoms with E-state index in [0.29, 0.717) is 0 Å². The first-order valence-electron chi connectivity index (χ1n) is 5.28. The number of hydrogen-bond acceptors (Lipinski definition) is 0. The van der Waals surface area contributed by atoms with Gasteiger partial charge >= 0.3 is 0 Å².